The zero-order valence-corrected chi connectivity index (χ0v) is 22.3. The summed E-state index contributed by atoms with van der Waals surface area (Å²) < 4.78 is 35.1. The third kappa shape index (κ3) is 5.97. The molecule has 1 aliphatic rings. The maximum atomic E-state index is 14.8. The molecule has 37 heavy (non-hydrogen) atoms. The molecule has 3 unspecified atom stereocenters. The first kappa shape index (κ1) is 26.7. The van der Waals surface area contributed by atoms with Crippen molar-refractivity contribution in [1.82, 2.24) is 15.3 Å². The van der Waals surface area contributed by atoms with Gasteiger partial charge >= 0.3 is 0 Å². The van der Waals surface area contributed by atoms with Gasteiger partial charge in [-0.3, -0.25) is 4.98 Å². The molecule has 0 fully saturated rings. The number of alkyl halides is 1. The SMILES string of the molecule is C=C1NC(C)Cc2[nH]c(-c3ccncc3OCC(CC)CCC)c(Nc3cccc(F)c3CC(C)F)c21. The minimum absolute atomic E-state index is 0.0212. The molecule has 7 heteroatoms. The van der Waals surface area contributed by atoms with E-state index in [-0.39, 0.29) is 12.5 Å². The number of ether oxygens (including phenoxy) is 1. The summed E-state index contributed by atoms with van der Waals surface area (Å²) in [5.74, 6) is 0.720. The summed E-state index contributed by atoms with van der Waals surface area (Å²) >= 11 is 0. The second kappa shape index (κ2) is 11.8. The normalized spacial score (nSPS) is 16.6. The molecule has 0 saturated heterocycles. The molecule has 0 bridgehead atoms. The van der Waals surface area contributed by atoms with E-state index in [4.69, 9.17) is 4.74 Å². The molecule has 198 valence electrons. The number of benzene rings is 1. The van der Waals surface area contributed by atoms with Crippen LogP contribution in [0.3, 0.4) is 0 Å². The predicted molar refractivity (Wildman–Crippen MR) is 148 cm³/mol. The van der Waals surface area contributed by atoms with Gasteiger partial charge in [0.1, 0.15) is 17.7 Å². The Kier molecular flexibility index (Phi) is 8.52. The van der Waals surface area contributed by atoms with E-state index in [1.165, 1.54) is 13.0 Å². The Morgan fingerprint density at radius 3 is 2.81 bits per heavy atom. The molecule has 0 radical (unpaired) electrons. The highest BCUT2D eigenvalue weighted by Gasteiger charge is 2.28. The van der Waals surface area contributed by atoms with Gasteiger partial charge in [-0.15, -0.1) is 0 Å². The molecule has 3 N–H and O–H groups in total. The van der Waals surface area contributed by atoms with Crippen LogP contribution in [0.15, 0.2) is 43.2 Å². The van der Waals surface area contributed by atoms with Crippen LogP contribution in [0, 0.1) is 11.7 Å². The molecule has 5 nitrogen and oxygen atoms in total. The molecule has 3 atom stereocenters. The molecule has 4 rings (SSSR count). The first-order valence-electron chi connectivity index (χ1n) is 13.3. The van der Waals surface area contributed by atoms with Gasteiger partial charge in [-0.05, 0) is 44.4 Å². The first-order chi connectivity index (χ1) is 17.8. The summed E-state index contributed by atoms with van der Waals surface area (Å²) in [4.78, 5) is 7.92. The zero-order valence-electron chi connectivity index (χ0n) is 22.3. The van der Waals surface area contributed by atoms with Crippen molar-refractivity contribution < 1.29 is 13.5 Å². The maximum Gasteiger partial charge on any atom is 0.146 e. The lowest BCUT2D eigenvalue weighted by Gasteiger charge is -2.25. The van der Waals surface area contributed by atoms with E-state index in [9.17, 15) is 8.78 Å². The van der Waals surface area contributed by atoms with Crippen molar-refractivity contribution in [3.8, 4) is 17.0 Å². The summed E-state index contributed by atoms with van der Waals surface area (Å²) in [5, 5.41) is 6.88. The van der Waals surface area contributed by atoms with Gasteiger partial charge < -0.3 is 20.4 Å². The fraction of sp³-hybridized carbons (Fsp3) is 0.433. The smallest absolute Gasteiger partial charge is 0.146 e. The fourth-order valence-electron chi connectivity index (χ4n) is 5.11. The van der Waals surface area contributed by atoms with E-state index in [1.807, 2.05) is 6.07 Å². The van der Waals surface area contributed by atoms with Crippen LogP contribution in [0.1, 0.15) is 63.8 Å². The van der Waals surface area contributed by atoms with Crippen molar-refractivity contribution in [1.29, 1.82) is 0 Å². The number of hydrogen-bond donors (Lipinski definition) is 3. The summed E-state index contributed by atoms with van der Waals surface area (Å²) in [6.45, 7) is 12.8. The second-order valence-corrected chi connectivity index (χ2v) is 10.1. The molecule has 0 spiro atoms. The molecule has 0 aliphatic carbocycles. The van der Waals surface area contributed by atoms with E-state index in [1.54, 1.807) is 24.5 Å². The molecule has 1 aliphatic heterocycles. The number of rotatable bonds is 11. The topological polar surface area (TPSA) is 62.0 Å². The van der Waals surface area contributed by atoms with Gasteiger partial charge in [0.15, 0.2) is 0 Å². The number of pyridine rings is 1. The lowest BCUT2D eigenvalue weighted by Crippen LogP contribution is -2.31. The second-order valence-electron chi connectivity index (χ2n) is 10.1. The van der Waals surface area contributed by atoms with Crippen LogP contribution in [0.5, 0.6) is 5.75 Å². The van der Waals surface area contributed by atoms with Crippen molar-refractivity contribution >= 4 is 17.1 Å². The highest BCUT2D eigenvalue weighted by Crippen LogP contribution is 2.43. The summed E-state index contributed by atoms with van der Waals surface area (Å²) in [6, 6.07) is 6.93. The Labute approximate surface area is 218 Å². The average molecular weight is 509 g/mol. The number of H-pyrrole nitrogens is 1. The quantitative estimate of drug-likeness (QED) is 0.250. The molecule has 0 amide bonds. The minimum atomic E-state index is -1.18. The van der Waals surface area contributed by atoms with Gasteiger partial charge in [-0.2, -0.15) is 0 Å². The third-order valence-corrected chi connectivity index (χ3v) is 6.98. The van der Waals surface area contributed by atoms with E-state index < -0.39 is 12.0 Å². The molecule has 3 aromatic rings. The van der Waals surface area contributed by atoms with Crippen LogP contribution in [-0.2, 0) is 12.8 Å². The number of aromatic amines is 1. The van der Waals surface area contributed by atoms with Crippen LogP contribution in [0.4, 0.5) is 20.2 Å². The molecular weight excluding hydrogens is 470 g/mol. The largest absolute Gasteiger partial charge is 0.491 e. The lowest BCUT2D eigenvalue weighted by molar-refractivity contribution is 0.235. The molecule has 2 aromatic heterocycles. The van der Waals surface area contributed by atoms with Crippen LogP contribution in [0.2, 0.25) is 0 Å². The Balaban J connectivity index is 1.81. The summed E-state index contributed by atoms with van der Waals surface area (Å²) in [7, 11) is 0. The van der Waals surface area contributed by atoms with Gasteiger partial charge in [0.25, 0.3) is 0 Å². The summed E-state index contributed by atoms with van der Waals surface area (Å²) in [6.07, 6.45) is 6.32. The number of nitrogens with one attached hydrogen (secondary N) is 3. The van der Waals surface area contributed by atoms with Crippen molar-refractivity contribution in [2.45, 2.75) is 72.0 Å². The van der Waals surface area contributed by atoms with E-state index in [0.29, 0.717) is 29.5 Å². The van der Waals surface area contributed by atoms with Crippen LogP contribution in [-0.4, -0.2) is 28.8 Å². The van der Waals surface area contributed by atoms with Crippen molar-refractivity contribution in [2.75, 3.05) is 11.9 Å². The summed E-state index contributed by atoms with van der Waals surface area (Å²) in [5.41, 5.74) is 6.00. The molecule has 0 saturated carbocycles. The molecular formula is C30H38F2N4O. The van der Waals surface area contributed by atoms with Crippen molar-refractivity contribution in [3.63, 3.8) is 0 Å². The highest BCUT2D eigenvalue weighted by atomic mass is 19.1. The zero-order chi connectivity index (χ0) is 26.5. The van der Waals surface area contributed by atoms with Crippen LogP contribution >= 0.6 is 0 Å². The number of aromatic nitrogens is 2. The van der Waals surface area contributed by atoms with Gasteiger partial charge in [-0.25, -0.2) is 8.78 Å². The number of nitrogens with zero attached hydrogens (tertiary/aromatic N) is 1. The van der Waals surface area contributed by atoms with Gasteiger partial charge in [-0.1, -0.05) is 39.3 Å². The number of hydrogen-bond acceptors (Lipinski definition) is 4. The monoisotopic (exact) mass is 508 g/mol. The Morgan fingerprint density at radius 2 is 2.08 bits per heavy atom. The highest BCUT2D eigenvalue weighted by molar-refractivity contribution is 5.92. The lowest BCUT2D eigenvalue weighted by atomic mass is 9.98. The van der Waals surface area contributed by atoms with Gasteiger partial charge in [0.2, 0.25) is 0 Å². The number of halogens is 2. The van der Waals surface area contributed by atoms with Crippen LogP contribution in [0.25, 0.3) is 17.0 Å². The standard InChI is InChI=1S/C30H38F2N4O/c1-6-9-21(7-2)17-37-27-16-33-13-12-22(27)29-30(28-20(5)34-19(4)15-26(28)36-29)35-25-11-8-10-24(32)23(25)14-18(3)31/h8,10-13,16,18-19,21,34-36H,5-7,9,14-15,17H2,1-4H3. The van der Waals surface area contributed by atoms with E-state index in [0.717, 1.165) is 59.6 Å². The average Bonchev–Trinajstić information content (AvgIpc) is 3.21. The first-order valence-corrected chi connectivity index (χ1v) is 13.3. The van der Waals surface area contributed by atoms with Crippen molar-refractivity contribution in [3.05, 3.63) is 65.9 Å². The number of fused-ring (bicyclic) bond motifs is 1. The third-order valence-electron chi connectivity index (χ3n) is 6.98. The Morgan fingerprint density at radius 1 is 1.27 bits per heavy atom. The maximum absolute atomic E-state index is 14.8. The molecule has 3 heterocycles. The Bertz CT molecular complexity index is 1240. The number of anilines is 2. The van der Waals surface area contributed by atoms with E-state index in [2.05, 4.69) is 48.0 Å². The van der Waals surface area contributed by atoms with E-state index >= 15 is 0 Å². The minimum Gasteiger partial charge on any atom is -0.491 e. The predicted octanol–water partition coefficient (Wildman–Crippen LogP) is 7.57. The van der Waals surface area contributed by atoms with Crippen molar-refractivity contribution in [2.24, 2.45) is 5.92 Å². The Hall–Kier alpha value is -3.35. The molecule has 1 aromatic carbocycles. The van der Waals surface area contributed by atoms with Crippen LogP contribution < -0.4 is 15.4 Å². The fourth-order valence-corrected chi connectivity index (χ4v) is 5.11. The van der Waals surface area contributed by atoms with Gasteiger partial charge in [0.05, 0.1) is 24.2 Å². The van der Waals surface area contributed by atoms with Gasteiger partial charge in [0, 0.05) is 58.8 Å².